The molecule has 0 aliphatic rings. The summed E-state index contributed by atoms with van der Waals surface area (Å²) in [4.78, 5) is 0. The summed E-state index contributed by atoms with van der Waals surface area (Å²) in [5, 5.41) is 5.12. The summed E-state index contributed by atoms with van der Waals surface area (Å²) in [6.45, 7) is 0. The molecule has 0 aromatic carbocycles. The molecule has 0 spiro atoms. The molecular formula is C7H5ClF6N2S. The van der Waals surface area contributed by atoms with Gasteiger partial charge in [0.05, 0.1) is 0 Å². The average Bonchev–Trinajstić information content (AvgIpc) is 2.47. The third-order valence-corrected chi connectivity index (χ3v) is 2.93. The smallest absolute Gasteiger partial charge is 0.170 e. The molecule has 0 aliphatic carbocycles. The molecule has 0 bridgehead atoms. The van der Waals surface area contributed by atoms with Gasteiger partial charge in [-0.15, -0.1) is 33.1 Å². The summed E-state index contributed by atoms with van der Waals surface area (Å²) in [5.41, 5.74) is 0. The molecule has 0 amide bonds. The maximum atomic E-state index is 12.3. The first-order chi connectivity index (χ1) is 7.66. The third-order valence-electron chi connectivity index (χ3n) is 1.69. The van der Waals surface area contributed by atoms with Crippen molar-refractivity contribution in [1.29, 1.82) is 0 Å². The van der Waals surface area contributed by atoms with E-state index in [0.29, 0.717) is 0 Å². The summed E-state index contributed by atoms with van der Waals surface area (Å²) in [6, 6.07) is 0. The third kappa shape index (κ3) is 3.70. The van der Waals surface area contributed by atoms with Crippen molar-refractivity contribution >= 4 is 22.9 Å². The minimum Gasteiger partial charge on any atom is -0.170 e. The molecule has 0 atom stereocenters. The Labute approximate surface area is 101 Å². The van der Waals surface area contributed by atoms with Gasteiger partial charge in [-0.3, -0.25) is 0 Å². The normalized spacial score (nSPS) is 13.4. The van der Waals surface area contributed by atoms with Crippen molar-refractivity contribution in [3.8, 4) is 0 Å². The first-order valence-corrected chi connectivity index (χ1v) is 5.53. The van der Waals surface area contributed by atoms with Gasteiger partial charge in [-0.1, -0.05) is 0 Å². The Kier molecular flexibility index (Phi) is 4.23. The Bertz CT molecular complexity index is 359. The predicted octanol–water partition coefficient (Wildman–Crippen LogP) is 3.53. The maximum absolute atomic E-state index is 12.3. The van der Waals surface area contributed by atoms with E-state index in [1.54, 1.807) is 0 Å². The van der Waals surface area contributed by atoms with E-state index in [0.717, 1.165) is 0 Å². The zero-order valence-electron chi connectivity index (χ0n) is 7.94. The molecule has 0 saturated carbocycles. The monoisotopic (exact) mass is 298 g/mol. The van der Waals surface area contributed by atoms with Gasteiger partial charge in [-0.2, -0.15) is 26.3 Å². The van der Waals surface area contributed by atoms with Gasteiger partial charge >= 0.3 is 12.4 Å². The fraction of sp³-hybridized carbons (Fsp3) is 0.714. The standard InChI is InChI=1S/C7H5ClF6N2S/c8-2-1-3-15-16-5(17-3)4(6(9,10)11)7(12,13)14/h4H,1-2H2. The van der Waals surface area contributed by atoms with Crippen LogP contribution in [0.15, 0.2) is 0 Å². The molecule has 2 nitrogen and oxygen atoms in total. The van der Waals surface area contributed by atoms with Crippen molar-refractivity contribution in [3.63, 3.8) is 0 Å². The lowest BCUT2D eigenvalue weighted by Crippen LogP contribution is -2.34. The van der Waals surface area contributed by atoms with Crippen LogP contribution < -0.4 is 0 Å². The molecule has 0 saturated heterocycles. The van der Waals surface area contributed by atoms with E-state index in [1.165, 1.54) is 0 Å². The van der Waals surface area contributed by atoms with Crippen LogP contribution >= 0.6 is 22.9 Å². The van der Waals surface area contributed by atoms with Crippen molar-refractivity contribution < 1.29 is 26.3 Å². The van der Waals surface area contributed by atoms with Gasteiger partial charge in [0.2, 0.25) is 5.92 Å². The molecular weight excluding hydrogens is 294 g/mol. The molecule has 10 heteroatoms. The van der Waals surface area contributed by atoms with E-state index in [9.17, 15) is 26.3 Å². The van der Waals surface area contributed by atoms with Gasteiger partial charge < -0.3 is 0 Å². The lowest BCUT2D eigenvalue weighted by atomic mass is 10.1. The largest absolute Gasteiger partial charge is 0.406 e. The average molecular weight is 299 g/mol. The first-order valence-electron chi connectivity index (χ1n) is 4.18. The van der Waals surface area contributed by atoms with Crippen LogP contribution in [0.5, 0.6) is 0 Å². The SMILES string of the molecule is FC(F)(F)C(c1nnc(CCCl)s1)C(F)(F)F. The molecule has 0 radical (unpaired) electrons. The first kappa shape index (κ1) is 14.5. The van der Waals surface area contributed by atoms with Crippen LogP contribution in [0.3, 0.4) is 0 Å². The van der Waals surface area contributed by atoms with E-state index in [2.05, 4.69) is 10.2 Å². The van der Waals surface area contributed by atoms with Gasteiger partial charge in [-0.05, 0) is 0 Å². The Hall–Kier alpha value is -0.570. The predicted molar refractivity (Wildman–Crippen MR) is 49.2 cm³/mol. The topological polar surface area (TPSA) is 25.8 Å². The zero-order chi connectivity index (χ0) is 13.3. The summed E-state index contributed by atoms with van der Waals surface area (Å²) >= 11 is 5.57. The number of nitrogens with zero attached hydrogens (tertiary/aromatic N) is 2. The van der Waals surface area contributed by atoms with Crippen molar-refractivity contribution in [1.82, 2.24) is 10.2 Å². The lowest BCUT2D eigenvalue weighted by Gasteiger charge is -2.20. The van der Waals surface area contributed by atoms with Crippen LogP contribution in [0.25, 0.3) is 0 Å². The fourth-order valence-electron chi connectivity index (χ4n) is 1.03. The number of hydrogen-bond donors (Lipinski definition) is 0. The van der Waals surface area contributed by atoms with Crippen LogP contribution in [0.4, 0.5) is 26.3 Å². The van der Waals surface area contributed by atoms with Gasteiger partial charge in [0.25, 0.3) is 0 Å². The summed E-state index contributed by atoms with van der Waals surface area (Å²) in [7, 11) is 0. The van der Waals surface area contributed by atoms with Crippen LogP contribution in [0.1, 0.15) is 15.9 Å². The molecule has 17 heavy (non-hydrogen) atoms. The Morgan fingerprint density at radius 2 is 1.59 bits per heavy atom. The second kappa shape index (κ2) is 4.97. The molecule has 0 aliphatic heterocycles. The number of hydrogen-bond acceptors (Lipinski definition) is 3. The Morgan fingerprint density at radius 3 is 2.00 bits per heavy atom. The molecule has 1 rings (SSSR count). The van der Waals surface area contributed by atoms with E-state index in [4.69, 9.17) is 11.6 Å². The second-order valence-electron chi connectivity index (χ2n) is 2.99. The number of alkyl halides is 7. The Balaban J connectivity index is 3.06. The molecule has 1 aromatic rings. The number of rotatable bonds is 3. The van der Waals surface area contributed by atoms with Gasteiger partial charge in [-0.25, -0.2) is 0 Å². The highest BCUT2D eigenvalue weighted by molar-refractivity contribution is 7.11. The summed E-state index contributed by atoms with van der Waals surface area (Å²) < 4.78 is 73.7. The highest BCUT2D eigenvalue weighted by atomic mass is 35.5. The fourth-order valence-corrected chi connectivity index (χ4v) is 2.32. The van der Waals surface area contributed by atoms with E-state index in [-0.39, 0.29) is 28.6 Å². The maximum Gasteiger partial charge on any atom is 0.406 e. The van der Waals surface area contributed by atoms with E-state index >= 15 is 0 Å². The molecule has 1 aromatic heterocycles. The van der Waals surface area contributed by atoms with Crippen LogP contribution in [0, 0.1) is 0 Å². The van der Waals surface area contributed by atoms with Gasteiger partial charge in [0, 0.05) is 12.3 Å². The molecule has 0 N–H and O–H groups in total. The number of aromatic nitrogens is 2. The highest BCUT2D eigenvalue weighted by Gasteiger charge is 2.59. The van der Waals surface area contributed by atoms with Crippen molar-refractivity contribution in [2.75, 3.05) is 5.88 Å². The summed E-state index contributed by atoms with van der Waals surface area (Å²) in [6.07, 6.45) is -10.8. The van der Waals surface area contributed by atoms with Gasteiger partial charge in [0.1, 0.15) is 10.0 Å². The van der Waals surface area contributed by atoms with E-state index < -0.39 is 23.3 Å². The lowest BCUT2D eigenvalue weighted by molar-refractivity contribution is -0.253. The minimum absolute atomic E-state index is 0.0495. The molecule has 0 fully saturated rings. The van der Waals surface area contributed by atoms with Crippen LogP contribution in [-0.2, 0) is 6.42 Å². The van der Waals surface area contributed by atoms with Crippen LogP contribution in [0.2, 0.25) is 0 Å². The molecule has 98 valence electrons. The summed E-state index contributed by atoms with van der Waals surface area (Å²) in [5.74, 6) is -3.53. The van der Waals surface area contributed by atoms with Crippen molar-refractivity contribution in [2.45, 2.75) is 24.7 Å². The van der Waals surface area contributed by atoms with E-state index in [1.807, 2.05) is 0 Å². The number of halogens is 7. The minimum atomic E-state index is -5.43. The van der Waals surface area contributed by atoms with Crippen LogP contribution in [-0.4, -0.2) is 28.4 Å². The highest BCUT2D eigenvalue weighted by Crippen LogP contribution is 2.46. The molecule has 0 unspecified atom stereocenters. The second-order valence-corrected chi connectivity index (χ2v) is 4.46. The zero-order valence-corrected chi connectivity index (χ0v) is 9.51. The Morgan fingerprint density at radius 1 is 1.06 bits per heavy atom. The van der Waals surface area contributed by atoms with Crippen molar-refractivity contribution in [3.05, 3.63) is 10.0 Å². The quantitative estimate of drug-likeness (QED) is 0.630. The van der Waals surface area contributed by atoms with Crippen molar-refractivity contribution in [2.24, 2.45) is 0 Å². The number of aryl methyl sites for hydroxylation is 1. The van der Waals surface area contributed by atoms with Gasteiger partial charge in [0.15, 0.2) is 0 Å². The molecule has 1 heterocycles.